The molecule has 1 aliphatic rings. The Bertz CT molecular complexity index is 216. The van der Waals surface area contributed by atoms with E-state index in [1.54, 1.807) is 0 Å². The Morgan fingerprint density at radius 2 is 2.27 bits per heavy atom. The molecule has 0 radical (unpaired) electrons. The van der Waals surface area contributed by atoms with Gasteiger partial charge in [0.05, 0.1) is 10.5 Å². The molecular weight excluding hydrogens is 261 g/mol. The molecule has 4 nitrogen and oxygen atoms in total. The number of alkyl halides is 1. The van der Waals surface area contributed by atoms with Crippen LogP contribution in [0, 0.1) is 0 Å². The van der Waals surface area contributed by atoms with Crippen LogP contribution in [0.3, 0.4) is 0 Å². The maximum Gasteiger partial charge on any atom is 0.243 e. The van der Waals surface area contributed by atoms with Crippen LogP contribution in [0.5, 0.6) is 0 Å². The van der Waals surface area contributed by atoms with Gasteiger partial charge < -0.3 is 4.79 Å². The molecule has 0 aliphatic carbocycles. The molecule has 1 aliphatic heterocycles. The molecule has 1 unspecified atom stereocenters. The number of amides is 2. The SMILES string of the molecule is O=CCN1C(=O)CC(I)C1=O. The van der Waals surface area contributed by atoms with Crippen LogP contribution in [-0.4, -0.2) is 33.5 Å². The van der Waals surface area contributed by atoms with Crippen molar-refractivity contribution in [1.29, 1.82) is 0 Å². The lowest BCUT2D eigenvalue weighted by Crippen LogP contribution is -2.32. The molecule has 1 fully saturated rings. The summed E-state index contributed by atoms with van der Waals surface area (Å²) in [6.45, 7) is -0.100. The number of hydrogen-bond acceptors (Lipinski definition) is 3. The maximum atomic E-state index is 11.0. The first-order valence-electron chi connectivity index (χ1n) is 3.08. The fraction of sp³-hybridized carbons (Fsp3) is 0.500. The molecule has 0 aromatic rings. The summed E-state index contributed by atoms with van der Waals surface area (Å²) in [7, 11) is 0. The normalized spacial score (nSPS) is 24.5. The molecule has 0 aromatic heterocycles. The van der Waals surface area contributed by atoms with Crippen LogP contribution in [0.15, 0.2) is 0 Å². The van der Waals surface area contributed by atoms with Crippen LogP contribution < -0.4 is 0 Å². The summed E-state index contributed by atoms with van der Waals surface area (Å²) in [5, 5.41) is 0. The molecule has 60 valence electrons. The molecule has 1 heterocycles. The molecule has 1 rings (SSSR count). The molecule has 0 aromatic carbocycles. The van der Waals surface area contributed by atoms with Gasteiger partial charge in [0, 0.05) is 6.42 Å². The number of carbonyl (C=O) groups is 3. The van der Waals surface area contributed by atoms with E-state index in [-0.39, 0.29) is 28.7 Å². The second-order valence-electron chi connectivity index (χ2n) is 2.18. The predicted octanol–water partition coefficient (Wildman–Crippen LogP) is -0.252. The number of rotatable bonds is 2. The molecule has 1 saturated heterocycles. The molecule has 2 amide bonds. The number of aldehydes is 1. The van der Waals surface area contributed by atoms with E-state index in [1.807, 2.05) is 22.6 Å². The Labute approximate surface area is 77.1 Å². The Morgan fingerprint density at radius 1 is 1.64 bits per heavy atom. The highest BCUT2D eigenvalue weighted by Crippen LogP contribution is 2.19. The minimum Gasteiger partial charge on any atom is -0.301 e. The topological polar surface area (TPSA) is 54.5 Å². The van der Waals surface area contributed by atoms with Gasteiger partial charge in [-0.2, -0.15) is 0 Å². The number of likely N-dealkylation sites (tertiary alicyclic amines) is 1. The summed E-state index contributed by atoms with van der Waals surface area (Å²) in [5.41, 5.74) is 0. The average Bonchev–Trinajstić information content (AvgIpc) is 2.17. The zero-order valence-electron chi connectivity index (χ0n) is 5.62. The lowest BCUT2D eigenvalue weighted by Gasteiger charge is -2.07. The van der Waals surface area contributed by atoms with Crippen molar-refractivity contribution in [3.63, 3.8) is 0 Å². The van der Waals surface area contributed by atoms with Gasteiger partial charge >= 0.3 is 0 Å². The Kier molecular flexibility index (Phi) is 2.58. The summed E-state index contributed by atoms with van der Waals surface area (Å²) in [6.07, 6.45) is 0.789. The van der Waals surface area contributed by atoms with Crippen LogP contribution in [0.4, 0.5) is 0 Å². The number of hydrogen-bond donors (Lipinski definition) is 0. The largest absolute Gasteiger partial charge is 0.301 e. The molecule has 0 saturated carbocycles. The minimum absolute atomic E-state index is 0.100. The standard InChI is InChI=1S/C6H6INO3/c7-4-3-5(10)8(1-2-9)6(4)11/h2,4H,1,3H2. The van der Waals surface area contributed by atoms with Crippen LogP contribution in [0.25, 0.3) is 0 Å². The lowest BCUT2D eigenvalue weighted by molar-refractivity contribution is -0.139. The van der Waals surface area contributed by atoms with Gasteiger partial charge in [-0.1, -0.05) is 22.6 Å². The lowest BCUT2D eigenvalue weighted by atomic mass is 10.4. The third-order valence-corrected chi connectivity index (χ3v) is 2.42. The number of carbonyl (C=O) groups excluding carboxylic acids is 3. The van der Waals surface area contributed by atoms with Crippen molar-refractivity contribution in [2.75, 3.05) is 6.54 Å². The molecular formula is C6H6INO3. The van der Waals surface area contributed by atoms with Crippen LogP contribution in [-0.2, 0) is 14.4 Å². The van der Waals surface area contributed by atoms with Gasteiger partial charge in [0.25, 0.3) is 0 Å². The van der Waals surface area contributed by atoms with Gasteiger partial charge in [-0.3, -0.25) is 14.5 Å². The highest BCUT2D eigenvalue weighted by Gasteiger charge is 2.36. The van der Waals surface area contributed by atoms with Crippen molar-refractivity contribution in [1.82, 2.24) is 4.90 Å². The Balaban J connectivity index is 2.71. The monoisotopic (exact) mass is 267 g/mol. The second-order valence-corrected chi connectivity index (χ2v) is 3.68. The van der Waals surface area contributed by atoms with Crippen molar-refractivity contribution >= 4 is 40.7 Å². The van der Waals surface area contributed by atoms with Crippen molar-refractivity contribution in [2.24, 2.45) is 0 Å². The average molecular weight is 267 g/mol. The zero-order valence-corrected chi connectivity index (χ0v) is 7.78. The summed E-state index contributed by atoms with van der Waals surface area (Å²) >= 11 is 1.90. The van der Waals surface area contributed by atoms with Crippen molar-refractivity contribution in [2.45, 2.75) is 10.3 Å². The highest BCUT2D eigenvalue weighted by atomic mass is 127. The number of imide groups is 1. The summed E-state index contributed by atoms with van der Waals surface area (Å²) < 4.78 is -0.278. The van der Waals surface area contributed by atoms with E-state index in [2.05, 4.69) is 0 Å². The molecule has 11 heavy (non-hydrogen) atoms. The molecule has 1 atom stereocenters. The molecule has 0 bridgehead atoms. The predicted molar refractivity (Wildman–Crippen MR) is 45.2 cm³/mol. The first-order chi connectivity index (χ1) is 5.16. The van der Waals surface area contributed by atoms with E-state index in [4.69, 9.17) is 0 Å². The fourth-order valence-corrected chi connectivity index (χ4v) is 1.62. The van der Waals surface area contributed by atoms with Gasteiger partial charge in [0.15, 0.2) is 0 Å². The van der Waals surface area contributed by atoms with Gasteiger partial charge in [-0.15, -0.1) is 0 Å². The van der Waals surface area contributed by atoms with Crippen molar-refractivity contribution < 1.29 is 14.4 Å². The van der Waals surface area contributed by atoms with E-state index in [9.17, 15) is 14.4 Å². The Hall–Kier alpha value is -0.460. The molecule has 5 heteroatoms. The van der Waals surface area contributed by atoms with E-state index < -0.39 is 0 Å². The van der Waals surface area contributed by atoms with Gasteiger partial charge in [0.2, 0.25) is 11.8 Å². The van der Waals surface area contributed by atoms with E-state index in [0.717, 1.165) is 4.90 Å². The van der Waals surface area contributed by atoms with Crippen LogP contribution in [0.1, 0.15) is 6.42 Å². The van der Waals surface area contributed by atoms with Gasteiger partial charge in [-0.25, -0.2) is 0 Å². The fourth-order valence-electron chi connectivity index (χ4n) is 0.909. The van der Waals surface area contributed by atoms with E-state index in [1.165, 1.54) is 0 Å². The van der Waals surface area contributed by atoms with Crippen LogP contribution >= 0.6 is 22.6 Å². The summed E-state index contributed by atoms with van der Waals surface area (Å²) in [4.78, 5) is 33.0. The van der Waals surface area contributed by atoms with Crippen molar-refractivity contribution in [3.05, 3.63) is 0 Å². The quantitative estimate of drug-likeness (QED) is 0.300. The minimum atomic E-state index is -0.278. The first-order valence-corrected chi connectivity index (χ1v) is 4.33. The third-order valence-electron chi connectivity index (χ3n) is 1.45. The van der Waals surface area contributed by atoms with Crippen LogP contribution in [0.2, 0.25) is 0 Å². The van der Waals surface area contributed by atoms with Gasteiger partial charge in [0.1, 0.15) is 6.29 Å². The van der Waals surface area contributed by atoms with Crippen molar-refractivity contribution in [3.8, 4) is 0 Å². The summed E-state index contributed by atoms with van der Waals surface area (Å²) in [5.74, 6) is -0.496. The Morgan fingerprint density at radius 3 is 2.64 bits per heavy atom. The second kappa shape index (κ2) is 3.29. The highest BCUT2D eigenvalue weighted by molar-refractivity contribution is 14.1. The zero-order chi connectivity index (χ0) is 8.43. The number of halogens is 1. The van der Waals surface area contributed by atoms with E-state index in [0.29, 0.717) is 6.29 Å². The molecule has 0 spiro atoms. The maximum absolute atomic E-state index is 11.0. The van der Waals surface area contributed by atoms with Gasteiger partial charge in [-0.05, 0) is 0 Å². The third kappa shape index (κ3) is 1.58. The summed E-state index contributed by atoms with van der Waals surface area (Å²) in [6, 6.07) is 0. The molecule has 0 N–H and O–H groups in total. The smallest absolute Gasteiger partial charge is 0.243 e. The number of nitrogens with zero attached hydrogens (tertiary/aromatic N) is 1. The first kappa shape index (κ1) is 8.63. The van der Waals surface area contributed by atoms with E-state index >= 15 is 0 Å².